The minimum absolute atomic E-state index is 0.0316. The maximum absolute atomic E-state index is 13.1. The molecule has 1 fully saturated rings. The number of methoxy groups -OCH3 is 2. The molecule has 8 nitrogen and oxygen atoms in total. The molecule has 3 rings (SSSR count). The summed E-state index contributed by atoms with van der Waals surface area (Å²) in [5, 5.41) is 0. The van der Waals surface area contributed by atoms with Crippen LogP contribution in [0.15, 0.2) is 47.4 Å². The van der Waals surface area contributed by atoms with Crippen LogP contribution in [0.3, 0.4) is 0 Å². The largest absolute Gasteiger partial charge is 0.497 e. The van der Waals surface area contributed by atoms with Gasteiger partial charge in [-0.25, -0.2) is 8.42 Å². The van der Waals surface area contributed by atoms with Crippen molar-refractivity contribution in [3.63, 3.8) is 0 Å². The average molecular weight is 420 g/mol. The Hall–Kier alpha value is -2.62. The van der Waals surface area contributed by atoms with Crippen molar-refractivity contribution in [2.24, 2.45) is 0 Å². The van der Waals surface area contributed by atoms with Gasteiger partial charge in [0.2, 0.25) is 10.0 Å². The SMILES string of the molecule is COc1ccc(N(C)C(=O)c2ccc(OC)c(S(=O)(=O)N3CCOCC3)c2)cc1. The monoisotopic (exact) mass is 420 g/mol. The van der Waals surface area contributed by atoms with Gasteiger partial charge in [-0.1, -0.05) is 0 Å². The maximum Gasteiger partial charge on any atom is 0.258 e. The number of morpholine rings is 1. The molecule has 0 aliphatic carbocycles. The third-order valence-electron chi connectivity index (χ3n) is 4.76. The lowest BCUT2D eigenvalue weighted by molar-refractivity contribution is 0.0729. The van der Waals surface area contributed by atoms with Gasteiger partial charge in [-0.2, -0.15) is 4.31 Å². The van der Waals surface area contributed by atoms with E-state index in [4.69, 9.17) is 14.2 Å². The van der Waals surface area contributed by atoms with Crippen LogP contribution in [0.5, 0.6) is 11.5 Å². The number of hydrogen-bond donors (Lipinski definition) is 0. The van der Waals surface area contributed by atoms with E-state index in [0.29, 0.717) is 24.7 Å². The standard InChI is InChI=1S/C20H24N2O6S/c1-21(16-5-7-17(26-2)8-6-16)20(23)15-4-9-18(27-3)19(14-15)29(24,25)22-10-12-28-13-11-22/h4-9,14H,10-13H2,1-3H3. The molecule has 0 unspecified atom stereocenters. The van der Waals surface area contributed by atoms with Gasteiger partial charge in [0.1, 0.15) is 16.4 Å². The van der Waals surface area contributed by atoms with E-state index >= 15 is 0 Å². The summed E-state index contributed by atoms with van der Waals surface area (Å²) in [6, 6.07) is 11.4. The molecule has 0 spiro atoms. The van der Waals surface area contributed by atoms with E-state index in [1.165, 1.54) is 28.4 Å². The van der Waals surface area contributed by atoms with E-state index in [9.17, 15) is 13.2 Å². The Bertz CT molecular complexity index is 969. The van der Waals surface area contributed by atoms with Gasteiger partial charge in [0.15, 0.2) is 0 Å². The number of anilines is 1. The third kappa shape index (κ3) is 4.36. The lowest BCUT2D eigenvalue weighted by atomic mass is 10.1. The molecule has 1 heterocycles. The van der Waals surface area contributed by atoms with Crippen molar-refractivity contribution in [2.75, 3.05) is 52.5 Å². The second-order valence-electron chi connectivity index (χ2n) is 6.44. The number of rotatable bonds is 6. The van der Waals surface area contributed by atoms with Crippen molar-refractivity contribution in [1.29, 1.82) is 0 Å². The zero-order valence-corrected chi connectivity index (χ0v) is 17.4. The van der Waals surface area contributed by atoms with E-state index < -0.39 is 10.0 Å². The van der Waals surface area contributed by atoms with Crippen molar-refractivity contribution >= 4 is 21.6 Å². The van der Waals surface area contributed by atoms with E-state index in [2.05, 4.69) is 0 Å². The predicted molar refractivity (Wildman–Crippen MR) is 108 cm³/mol. The van der Waals surface area contributed by atoms with E-state index in [-0.39, 0.29) is 35.2 Å². The number of hydrogen-bond acceptors (Lipinski definition) is 6. The van der Waals surface area contributed by atoms with Crippen molar-refractivity contribution in [3.8, 4) is 11.5 Å². The van der Waals surface area contributed by atoms with Crippen LogP contribution in [0.1, 0.15) is 10.4 Å². The Labute approximate surface area is 170 Å². The lowest BCUT2D eigenvalue weighted by Gasteiger charge is -2.27. The van der Waals surface area contributed by atoms with Crippen LogP contribution < -0.4 is 14.4 Å². The first kappa shape index (κ1) is 21.1. The highest BCUT2D eigenvalue weighted by atomic mass is 32.2. The predicted octanol–water partition coefficient (Wildman–Crippen LogP) is 2.00. The van der Waals surface area contributed by atoms with Gasteiger partial charge in [-0.3, -0.25) is 4.79 Å². The quantitative estimate of drug-likeness (QED) is 0.711. The molecule has 0 saturated carbocycles. The van der Waals surface area contributed by atoms with Crippen molar-refractivity contribution < 1.29 is 27.4 Å². The number of ether oxygens (including phenoxy) is 3. The molecule has 2 aromatic rings. The fourth-order valence-corrected chi connectivity index (χ4v) is 4.64. The molecule has 29 heavy (non-hydrogen) atoms. The molecule has 9 heteroatoms. The van der Waals surface area contributed by atoms with Crippen LogP contribution >= 0.6 is 0 Å². The zero-order chi connectivity index (χ0) is 21.0. The summed E-state index contributed by atoms with van der Waals surface area (Å²) >= 11 is 0. The minimum atomic E-state index is -3.82. The van der Waals surface area contributed by atoms with Crippen molar-refractivity contribution in [3.05, 3.63) is 48.0 Å². The highest BCUT2D eigenvalue weighted by Crippen LogP contribution is 2.29. The molecule has 0 aromatic heterocycles. The molecule has 156 valence electrons. The van der Waals surface area contributed by atoms with Crippen molar-refractivity contribution in [2.45, 2.75) is 4.90 Å². The highest BCUT2D eigenvalue weighted by Gasteiger charge is 2.30. The molecule has 0 atom stereocenters. The smallest absolute Gasteiger partial charge is 0.258 e. The van der Waals surface area contributed by atoms with Crippen LogP contribution in [-0.4, -0.2) is 66.2 Å². The summed E-state index contributed by atoms with van der Waals surface area (Å²) in [5.41, 5.74) is 0.903. The molecule has 2 aromatic carbocycles. The van der Waals surface area contributed by atoms with Gasteiger partial charge in [0.05, 0.1) is 27.4 Å². The van der Waals surface area contributed by atoms with Gasteiger partial charge in [-0.15, -0.1) is 0 Å². The summed E-state index contributed by atoms with van der Waals surface area (Å²) in [5.74, 6) is 0.536. The highest BCUT2D eigenvalue weighted by molar-refractivity contribution is 7.89. The van der Waals surface area contributed by atoms with Crippen LogP contribution in [0, 0.1) is 0 Å². The molecule has 0 radical (unpaired) electrons. The lowest BCUT2D eigenvalue weighted by Crippen LogP contribution is -2.40. The summed E-state index contributed by atoms with van der Waals surface area (Å²) in [7, 11) is 0.779. The van der Waals surface area contributed by atoms with Gasteiger partial charge in [-0.05, 0) is 42.5 Å². The fourth-order valence-electron chi connectivity index (χ4n) is 3.05. The number of carbonyl (C=O) groups is 1. The minimum Gasteiger partial charge on any atom is -0.497 e. The van der Waals surface area contributed by atoms with Crippen LogP contribution in [0.4, 0.5) is 5.69 Å². The number of benzene rings is 2. The van der Waals surface area contributed by atoms with Gasteiger partial charge in [0.25, 0.3) is 5.91 Å². The van der Waals surface area contributed by atoms with Crippen LogP contribution in [0.25, 0.3) is 0 Å². The normalized spacial score (nSPS) is 15.0. The van der Waals surface area contributed by atoms with E-state index in [1.807, 2.05) is 0 Å². The number of nitrogens with zero attached hydrogens (tertiary/aromatic N) is 2. The fraction of sp³-hybridized carbons (Fsp3) is 0.350. The Morgan fingerprint density at radius 3 is 2.28 bits per heavy atom. The molecule has 0 N–H and O–H groups in total. The van der Waals surface area contributed by atoms with Gasteiger partial charge in [0, 0.05) is 31.4 Å². The summed E-state index contributed by atoms with van der Waals surface area (Å²) < 4.78 is 43.2. The van der Waals surface area contributed by atoms with Crippen LogP contribution in [0.2, 0.25) is 0 Å². The summed E-state index contributed by atoms with van der Waals surface area (Å²) in [4.78, 5) is 14.4. The van der Waals surface area contributed by atoms with E-state index in [0.717, 1.165) is 0 Å². The zero-order valence-electron chi connectivity index (χ0n) is 16.6. The molecular formula is C20H24N2O6S. The Kier molecular flexibility index (Phi) is 6.41. The van der Waals surface area contributed by atoms with Gasteiger partial charge >= 0.3 is 0 Å². The average Bonchev–Trinajstić information content (AvgIpc) is 2.78. The number of sulfonamides is 1. The summed E-state index contributed by atoms with van der Waals surface area (Å²) in [6.07, 6.45) is 0. The van der Waals surface area contributed by atoms with E-state index in [1.54, 1.807) is 44.5 Å². The van der Waals surface area contributed by atoms with Crippen LogP contribution in [-0.2, 0) is 14.8 Å². The first-order valence-corrected chi connectivity index (χ1v) is 10.5. The first-order valence-electron chi connectivity index (χ1n) is 9.06. The maximum atomic E-state index is 13.1. The molecule has 0 bridgehead atoms. The Morgan fingerprint density at radius 2 is 1.69 bits per heavy atom. The molecule has 1 amide bonds. The second-order valence-corrected chi connectivity index (χ2v) is 8.35. The molecular weight excluding hydrogens is 396 g/mol. The second kappa shape index (κ2) is 8.81. The molecule has 1 aliphatic heterocycles. The third-order valence-corrected chi connectivity index (χ3v) is 6.68. The number of amides is 1. The van der Waals surface area contributed by atoms with Crippen molar-refractivity contribution in [1.82, 2.24) is 4.31 Å². The Balaban J connectivity index is 1.93. The Morgan fingerprint density at radius 1 is 1.03 bits per heavy atom. The number of carbonyl (C=O) groups excluding carboxylic acids is 1. The van der Waals surface area contributed by atoms with Gasteiger partial charge < -0.3 is 19.1 Å². The topological polar surface area (TPSA) is 85.4 Å². The molecule has 1 saturated heterocycles. The summed E-state index contributed by atoms with van der Waals surface area (Å²) in [6.45, 7) is 1.19. The first-order chi connectivity index (χ1) is 13.9. The molecule has 1 aliphatic rings.